The first kappa shape index (κ1) is 19.1. The maximum atomic E-state index is 12.2. The highest BCUT2D eigenvalue weighted by Crippen LogP contribution is 2.33. The summed E-state index contributed by atoms with van der Waals surface area (Å²) in [5, 5.41) is 14.6. The molecule has 0 bridgehead atoms. The summed E-state index contributed by atoms with van der Waals surface area (Å²) < 4.78 is 5.63. The zero-order valence-electron chi connectivity index (χ0n) is 13.8. The number of carbonyl (C=O) groups is 2. The first-order valence-electron chi connectivity index (χ1n) is 7.37. The minimum Gasteiger partial charge on any atom is -0.487 e. The first-order valence-corrected chi connectivity index (χ1v) is 7.74. The summed E-state index contributed by atoms with van der Waals surface area (Å²) in [4.78, 5) is 22.8. The molecule has 1 aromatic carbocycles. The number of hydrogen-bond donors (Lipinski definition) is 3. The molecule has 0 atom stereocenters. The van der Waals surface area contributed by atoms with E-state index in [1.54, 1.807) is 32.0 Å². The van der Waals surface area contributed by atoms with Crippen LogP contribution in [-0.2, 0) is 4.79 Å². The first-order chi connectivity index (χ1) is 10.6. The number of anilines is 1. The van der Waals surface area contributed by atoms with Crippen molar-refractivity contribution in [3.8, 4) is 5.75 Å². The summed E-state index contributed by atoms with van der Waals surface area (Å²) >= 11 is 6.11. The molecule has 0 aliphatic rings. The summed E-state index contributed by atoms with van der Waals surface area (Å²) in [7, 11) is 0. The molecule has 23 heavy (non-hydrogen) atoms. The van der Waals surface area contributed by atoms with Gasteiger partial charge in [-0.3, -0.25) is 4.79 Å². The number of carboxylic acids is 1. The number of hydrogen-bond acceptors (Lipinski definition) is 3. The Bertz CT molecular complexity index is 573. The monoisotopic (exact) mass is 342 g/mol. The molecule has 1 aromatic rings. The molecule has 0 unspecified atom stereocenters. The van der Waals surface area contributed by atoms with E-state index in [1.807, 2.05) is 13.8 Å². The maximum absolute atomic E-state index is 12.2. The fourth-order valence-corrected chi connectivity index (χ4v) is 2.12. The third-order valence-corrected chi connectivity index (χ3v) is 3.28. The maximum Gasteiger partial charge on any atom is 0.319 e. The number of amides is 2. The normalized spacial score (nSPS) is 11.2. The summed E-state index contributed by atoms with van der Waals surface area (Å²) in [6.45, 7) is 7.25. The van der Waals surface area contributed by atoms with Crippen molar-refractivity contribution in [1.29, 1.82) is 0 Å². The van der Waals surface area contributed by atoms with Gasteiger partial charge < -0.3 is 20.5 Å². The van der Waals surface area contributed by atoms with E-state index >= 15 is 0 Å². The number of ether oxygens (including phenoxy) is 1. The Balaban J connectivity index is 2.77. The zero-order valence-corrected chi connectivity index (χ0v) is 14.5. The Labute approximate surface area is 141 Å². The lowest BCUT2D eigenvalue weighted by molar-refractivity contribution is -0.137. The number of carboxylic acid groups (broad SMARTS) is 1. The molecular weight excluding hydrogens is 320 g/mol. The van der Waals surface area contributed by atoms with E-state index in [4.69, 9.17) is 21.4 Å². The molecule has 7 heteroatoms. The third kappa shape index (κ3) is 6.78. The van der Waals surface area contributed by atoms with Gasteiger partial charge in [0.15, 0.2) is 5.75 Å². The van der Waals surface area contributed by atoms with E-state index in [2.05, 4.69) is 10.6 Å². The van der Waals surface area contributed by atoms with Gasteiger partial charge in [-0.1, -0.05) is 17.7 Å². The molecule has 0 aliphatic heterocycles. The van der Waals surface area contributed by atoms with Crippen molar-refractivity contribution in [1.82, 2.24) is 5.32 Å². The Morgan fingerprint density at radius 1 is 1.35 bits per heavy atom. The summed E-state index contributed by atoms with van der Waals surface area (Å²) in [6, 6.07) is 4.63. The number of para-hydroxylation sites is 1. The van der Waals surface area contributed by atoms with Crippen LogP contribution >= 0.6 is 11.6 Å². The van der Waals surface area contributed by atoms with Gasteiger partial charge in [-0.15, -0.1) is 0 Å². The Kier molecular flexibility index (Phi) is 6.69. The molecule has 0 radical (unpaired) electrons. The predicted octanol–water partition coefficient (Wildman–Crippen LogP) is 3.89. The largest absolute Gasteiger partial charge is 0.487 e. The lowest BCUT2D eigenvalue weighted by Crippen LogP contribution is -2.45. The Hall–Kier alpha value is -1.95. The van der Waals surface area contributed by atoms with E-state index < -0.39 is 17.5 Å². The number of urea groups is 1. The molecule has 0 fully saturated rings. The van der Waals surface area contributed by atoms with Crippen molar-refractivity contribution in [2.24, 2.45) is 0 Å². The van der Waals surface area contributed by atoms with Crippen LogP contribution in [0.2, 0.25) is 5.02 Å². The average Bonchev–Trinajstić information content (AvgIpc) is 2.39. The fraction of sp³-hybridized carbons (Fsp3) is 0.500. The van der Waals surface area contributed by atoms with Gasteiger partial charge in [-0.2, -0.15) is 0 Å². The molecule has 6 nitrogen and oxygen atoms in total. The van der Waals surface area contributed by atoms with Crippen LogP contribution in [0.4, 0.5) is 10.5 Å². The number of aliphatic carboxylic acids is 1. The van der Waals surface area contributed by atoms with Crippen molar-refractivity contribution in [2.45, 2.75) is 52.2 Å². The van der Waals surface area contributed by atoms with Crippen LogP contribution in [-0.4, -0.2) is 28.7 Å². The minimum absolute atomic E-state index is 0.0217. The van der Waals surface area contributed by atoms with Crippen LogP contribution in [0.1, 0.15) is 40.5 Å². The second-order valence-electron chi connectivity index (χ2n) is 6.14. The van der Waals surface area contributed by atoms with E-state index in [0.29, 0.717) is 22.9 Å². The summed E-state index contributed by atoms with van der Waals surface area (Å²) in [6.07, 6.45) is 0.206. The quantitative estimate of drug-likeness (QED) is 0.701. The van der Waals surface area contributed by atoms with E-state index in [-0.39, 0.29) is 12.5 Å². The van der Waals surface area contributed by atoms with Crippen LogP contribution in [0.5, 0.6) is 5.75 Å². The van der Waals surface area contributed by atoms with Gasteiger partial charge in [0.1, 0.15) is 0 Å². The SMILES string of the molecule is CC(C)Oc1c(Cl)cccc1NC(=O)NC(C)(C)CCC(=O)O. The summed E-state index contributed by atoms with van der Waals surface area (Å²) in [5.41, 5.74) is -0.196. The molecule has 128 valence electrons. The van der Waals surface area contributed by atoms with Crippen molar-refractivity contribution in [3.63, 3.8) is 0 Å². The molecule has 2 amide bonds. The number of carbonyl (C=O) groups excluding carboxylic acids is 1. The van der Waals surface area contributed by atoms with Gasteiger partial charge in [-0.05, 0) is 46.2 Å². The van der Waals surface area contributed by atoms with Crippen molar-refractivity contribution < 1.29 is 19.4 Å². The molecule has 0 saturated heterocycles. The van der Waals surface area contributed by atoms with Gasteiger partial charge in [0.05, 0.1) is 16.8 Å². The molecule has 3 N–H and O–H groups in total. The van der Waals surface area contributed by atoms with Crippen molar-refractivity contribution >= 4 is 29.3 Å². The van der Waals surface area contributed by atoms with Crippen LogP contribution < -0.4 is 15.4 Å². The van der Waals surface area contributed by atoms with Gasteiger partial charge >= 0.3 is 12.0 Å². The average molecular weight is 343 g/mol. The highest BCUT2D eigenvalue weighted by atomic mass is 35.5. The van der Waals surface area contributed by atoms with E-state index in [1.165, 1.54) is 0 Å². The third-order valence-electron chi connectivity index (χ3n) is 2.98. The highest BCUT2D eigenvalue weighted by molar-refractivity contribution is 6.32. The lowest BCUT2D eigenvalue weighted by atomic mass is 9.99. The Morgan fingerprint density at radius 2 is 2.00 bits per heavy atom. The number of halogens is 1. The van der Waals surface area contributed by atoms with Crippen LogP contribution in [0.15, 0.2) is 18.2 Å². The van der Waals surface area contributed by atoms with Gasteiger partial charge in [0, 0.05) is 12.0 Å². The van der Waals surface area contributed by atoms with E-state index in [9.17, 15) is 9.59 Å². The predicted molar refractivity (Wildman–Crippen MR) is 90.3 cm³/mol. The molecule has 0 aromatic heterocycles. The molecular formula is C16H23ClN2O4. The second kappa shape index (κ2) is 8.06. The molecule has 0 spiro atoms. The van der Waals surface area contributed by atoms with Crippen molar-refractivity contribution in [2.75, 3.05) is 5.32 Å². The highest BCUT2D eigenvalue weighted by Gasteiger charge is 2.22. The molecule has 0 heterocycles. The molecule has 1 rings (SSSR count). The fourth-order valence-electron chi connectivity index (χ4n) is 1.91. The van der Waals surface area contributed by atoms with Crippen LogP contribution in [0.25, 0.3) is 0 Å². The second-order valence-corrected chi connectivity index (χ2v) is 6.55. The van der Waals surface area contributed by atoms with Crippen molar-refractivity contribution in [3.05, 3.63) is 23.2 Å². The standard InChI is InChI=1S/C16H23ClN2O4/c1-10(2)23-14-11(17)6-5-7-12(14)18-15(22)19-16(3,4)9-8-13(20)21/h5-7,10H,8-9H2,1-4H3,(H,20,21)(H2,18,19,22). The number of benzene rings is 1. The Morgan fingerprint density at radius 3 is 2.57 bits per heavy atom. The molecule has 0 aliphatic carbocycles. The van der Waals surface area contributed by atoms with Crippen LogP contribution in [0, 0.1) is 0 Å². The topological polar surface area (TPSA) is 87.7 Å². The smallest absolute Gasteiger partial charge is 0.319 e. The number of rotatable bonds is 7. The molecule has 0 saturated carbocycles. The van der Waals surface area contributed by atoms with Gasteiger partial charge in [0.2, 0.25) is 0 Å². The zero-order chi connectivity index (χ0) is 17.6. The van der Waals surface area contributed by atoms with Gasteiger partial charge in [0.25, 0.3) is 0 Å². The lowest BCUT2D eigenvalue weighted by Gasteiger charge is -2.26. The van der Waals surface area contributed by atoms with E-state index in [0.717, 1.165) is 0 Å². The minimum atomic E-state index is -0.900. The number of nitrogens with one attached hydrogen (secondary N) is 2. The van der Waals surface area contributed by atoms with Crippen LogP contribution in [0.3, 0.4) is 0 Å². The summed E-state index contributed by atoms with van der Waals surface area (Å²) in [5.74, 6) is -0.495. The van der Waals surface area contributed by atoms with Gasteiger partial charge in [-0.25, -0.2) is 4.79 Å².